The fourth-order valence-corrected chi connectivity index (χ4v) is 4.89. The molecule has 0 saturated heterocycles. The van der Waals surface area contributed by atoms with Crippen molar-refractivity contribution < 1.29 is 18.3 Å². The quantitative estimate of drug-likeness (QED) is 0.183. The van der Waals surface area contributed by atoms with Crippen LogP contribution in [0.4, 0.5) is 0 Å². The van der Waals surface area contributed by atoms with Crippen LogP contribution in [0.15, 0.2) is 0 Å². The van der Waals surface area contributed by atoms with E-state index in [0.29, 0.717) is 0 Å². The second-order valence-electron chi connectivity index (χ2n) is 8.37. The van der Waals surface area contributed by atoms with Crippen molar-refractivity contribution in [3.05, 3.63) is 0 Å². The Kier molecular flexibility index (Phi) is 22.5. The average molecular weight is 468 g/mol. The number of thioether (sulfide) groups is 1. The number of aliphatic hydroxyl groups excluding tert-OH is 1. The van der Waals surface area contributed by atoms with Crippen LogP contribution in [0, 0.1) is 0 Å². The van der Waals surface area contributed by atoms with Gasteiger partial charge in [-0.2, -0.15) is 11.8 Å². The van der Waals surface area contributed by atoms with Gasteiger partial charge in [0, 0.05) is 12.3 Å². The third-order valence-corrected chi connectivity index (χ3v) is 7.13. The maximum absolute atomic E-state index is 11.0. The van der Waals surface area contributed by atoms with Crippen LogP contribution in [0.25, 0.3) is 0 Å². The highest BCUT2D eigenvalue weighted by atomic mass is 32.2. The van der Waals surface area contributed by atoms with Crippen LogP contribution in [-0.4, -0.2) is 57.1 Å². The van der Waals surface area contributed by atoms with Gasteiger partial charge >= 0.3 is 0 Å². The monoisotopic (exact) mass is 467 g/mol. The predicted molar refractivity (Wildman–Crippen MR) is 132 cm³/mol. The lowest BCUT2D eigenvalue weighted by Gasteiger charge is -2.15. The van der Waals surface area contributed by atoms with Gasteiger partial charge in [-0.25, -0.2) is 13.1 Å². The lowest BCUT2D eigenvalue weighted by atomic mass is 10.0. The highest BCUT2D eigenvalue weighted by molar-refractivity contribution is 7.99. The molecular weight excluding hydrogens is 418 g/mol. The first kappa shape index (κ1) is 30.2. The molecule has 0 fully saturated rings. The van der Waals surface area contributed by atoms with E-state index in [4.69, 9.17) is 4.74 Å². The first-order chi connectivity index (χ1) is 14.5. The van der Waals surface area contributed by atoms with Crippen molar-refractivity contribution in [1.29, 1.82) is 0 Å². The largest absolute Gasteiger partial charge is 0.394 e. The van der Waals surface area contributed by atoms with Gasteiger partial charge in [0.2, 0.25) is 10.0 Å². The molecule has 182 valence electrons. The first-order valence-electron chi connectivity index (χ1n) is 12.2. The van der Waals surface area contributed by atoms with Gasteiger partial charge < -0.3 is 9.84 Å². The minimum Gasteiger partial charge on any atom is -0.394 e. The van der Waals surface area contributed by atoms with Gasteiger partial charge in [0.05, 0.1) is 25.6 Å². The minimum atomic E-state index is -3.17. The smallest absolute Gasteiger partial charge is 0.208 e. The molecular formula is C23H49NO4S2. The Morgan fingerprint density at radius 2 is 1.30 bits per heavy atom. The highest BCUT2D eigenvalue weighted by Crippen LogP contribution is 2.14. The maximum atomic E-state index is 11.0. The molecule has 0 bridgehead atoms. The highest BCUT2D eigenvalue weighted by Gasteiger charge is 2.08. The van der Waals surface area contributed by atoms with Gasteiger partial charge in [-0.05, 0) is 12.2 Å². The predicted octanol–water partition coefficient (Wildman–Crippen LogP) is 5.52. The fraction of sp³-hybridized carbons (Fsp3) is 1.00. The Labute approximate surface area is 191 Å². The number of hydrogen-bond acceptors (Lipinski definition) is 5. The number of aliphatic hydroxyl groups is 1. The molecule has 0 aliphatic rings. The average Bonchev–Trinajstić information content (AvgIpc) is 2.71. The van der Waals surface area contributed by atoms with Crippen molar-refractivity contribution in [2.45, 2.75) is 109 Å². The van der Waals surface area contributed by atoms with E-state index in [0.717, 1.165) is 17.8 Å². The van der Waals surface area contributed by atoms with Gasteiger partial charge in [-0.15, -0.1) is 0 Å². The Morgan fingerprint density at radius 1 is 0.833 bits per heavy atom. The summed E-state index contributed by atoms with van der Waals surface area (Å²) in [6.07, 6.45) is 21.6. The molecule has 0 aliphatic heterocycles. The molecule has 30 heavy (non-hydrogen) atoms. The number of hydrogen-bond donors (Lipinski definition) is 2. The van der Waals surface area contributed by atoms with Crippen LogP contribution in [0.5, 0.6) is 0 Å². The molecule has 7 heteroatoms. The van der Waals surface area contributed by atoms with E-state index in [1.54, 1.807) is 0 Å². The molecule has 2 N–H and O–H groups in total. The van der Waals surface area contributed by atoms with Crippen LogP contribution < -0.4 is 4.72 Å². The SMILES string of the molecule is CCCCCCCCCCCCCCCCCSCC(CO)OCCNS(C)(=O)=O. The van der Waals surface area contributed by atoms with Crippen molar-refractivity contribution in [2.24, 2.45) is 0 Å². The number of unbranched alkanes of at least 4 members (excludes halogenated alkanes) is 14. The second-order valence-corrected chi connectivity index (χ2v) is 11.3. The van der Waals surface area contributed by atoms with E-state index in [1.807, 2.05) is 11.8 Å². The van der Waals surface area contributed by atoms with E-state index < -0.39 is 10.0 Å². The Balaban J connectivity index is 3.27. The second kappa shape index (κ2) is 22.4. The van der Waals surface area contributed by atoms with Crippen molar-refractivity contribution in [3.8, 4) is 0 Å². The zero-order valence-corrected chi connectivity index (χ0v) is 21.3. The molecule has 0 aromatic carbocycles. The summed E-state index contributed by atoms with van der Waals surface area (Å²) in [5, 5.41) is 9.34. The zero-order chi connectivity index (χ0) is 22.3. The summed E-state index contributed by atoms with van der Waals surface area (Å²) >= 11 is 1.81. The van der Waals surface area contributed by atoms with E-state index in [1.165, 1.54) is 96.3 Å². The third kappa shape index (κ3) is 24.4. The normalized spacial score (nSPS) is 13.0. The Hall–Kier alpha value is 0.180. The van der Waals surface area contributed by atoms with E-state index in [2.05, 4.69) is 11.6 Å². The molecule has 1 atom stereocenters. The summed E-state index contributed by atoms with van der Waals surface area (Å²) < 4.78 is 29.8. The van der Waals surface area contributed by atoms with Gasteiger partial charge in [0.15, 0.2) is 0 Å². The zero-order valence-electron chi connectivity index (χ0n) is 19.7. The van der Waals surface area contributed by atoms with Gasteiger partial charge in [-0.1, -0.05) is 96.8 Å². The molecule has 1 unspecified atom stereocenters. The van der Waals surface area contributed by atoms with Crippen molar-refractivity contribution in [3.63, 3.8) is 0 Å². The summed E-state index contributed by atoms with van der Waals surface area (Å²) in [5.41, 5.74) is 0. The number of sulfonamides is 1. The maximum Gasteiger partial charge on any atom is 0.208 e. The molecule has 5 nitrogen and oxygen atoms in total. The summed E-state index contributed by atoms with van der Waals surface area (Å²) in [6, 6.07) is 0. The van der Waals surface area contributed by atoms with Crippen molar-refractivity contribution in [2.75, 3.05) is 37.5 Å². The number of ether oxygens (including phenoxy) is 1. The van der Waals surface area contributed by atoms with Crippen LogP contribution in [0.1, 0.15) is 103 Å². The first-order valence-corrected chi connectivity index (χ1v) is 15.3. The van der Waals surface area contributed by atoms with Gasteiger partial charge in [0.25, 0.3) is 0 Å². The summed E-state index contributed by atoms with van der Waals surface area (Å²) in [7, 11) is -3.17. The fourth-order valence-electron chi connectivity index (χ4n) is 3.40. The molecule has 0 aliphatic carbocycles. The Bertz CT molecular complexity index is 446. The molecule has 0 aromatic heterocycles. The van der Waals surface area contributed by atoms with E-state index in [-0.39, 0.29) is 25.9 Å². The van der Waals surface area contributed by atoms with Crippen LogP contribution >= 0.6 is 11.8 Å². The standard InChI is InChI=1S/C23H49NO4S2/c1-3-4-5-6-7-8-9-10-11-12-13-14-15-16-17-20-29-22-23(21-25)28-19-18-24-30(2,26)27/h23-25H,3-22H2,1-2H3. The Morgan fingerprint density at radius 3 is 1.73 bits per heavy atom. The summed E-state index contributed by atoms with van der Waals surface area (Å²) in [6.45, 7) is 2.79. The number of rotatable bonds is 24. The molecule has 0 heterocycles. The molecule has 0 aromatic rings. The topological polar surface area (TPSA) is 75.6 Å². The van der Waals surface area contributed by atoms with Crippen molar-refractivity contribution in [1.82, 2.24) is 4.72 Å². The lowest BCUT2D eigenvalue weighted by molar-refractivity contribution is 0.0313. The molecule has 0 radical (unpaired) electrons. The molecule has 0 spiro atoms. The summed E-state index contributed by atoms with van der Waals surface area (Å²) in [5.74, 6) is 1.85. The lowest BCUT2D eigenvalue weighted by Crippen LogP contribution is -2.29. The molecule has 0 amide bonds. The number of nitrogens with one attached hydrogen (secondary N) is 1. The van der Waals surface area contributed by atoms with E-state index >= 15 is 0 Å². The van der Waals surface area contributed by atoms with Crippen LogP contribution in [0.3, 0.4) is 0 Å². The van der Waals surface area contributed by atoms with E-state index in [9.17, 15) is 13.5 Å². The van der Waals surface area contributed by atoms with Crippen molar-refractivity contribution >= 4 is 21.8 Å². The third-order valence-electron chi connectivity index (χ3n) is 5.22. The summed E-state index contributed by atoms with van der Waals surface area (Å²) in [4.78, 5) is 0. The molecule has 0 rings (SSSR count). The minimum absolute atomic E-state index is 0.0231. The molecule has 0 saturated carbocycles. The van der Waals surface area contributed by atoms with Crippen LogP contribution in [-0.2, 0) is 14.8 Å². The van der Waals surface area contributed by atoms with Crippen LogP contribution in [0.2, 0.25) is 0 Å². The van der Waals surface area contributed by atoms with Gasteiger partial charge in [0.1, 0.15) is 0 Å². The van der Waals surface area contributed by atoms with Gasteiger partial charge in [-0.3, -0.25) is 0 Å².